The monoisotopic (exact) mass is 323 g/mol. The van der Waals surface area contributed by atoms with Gasteiger partial charge in [-0.25, -0.2) is 13.6 Å². The molecule has 0 saturated heterocycles. The number of sulfonamides is 1. The summed E-state index contributed by atoms with van der Waals surface area (Å²) in [6.45, 7) is 0. The Kier molecular flexibility index (Phi) is 4.41. The summed E-state index contributed by atoms with van der Waals surface area (Å²) < 4.78 is 28.4. The highest BCUT2D eigenvalue weighted by molar-refractivity contribution is 7.89. The topological polar surface area (TPSA) is 107 Å². The van der Waals surface area contributed by atoms with Crippen LogP contribution < -0.4 is 20.9 Å². The minimum atomic E-state index is -3.83. The molecule has 2 aromatic rings. The fourth-order valence-electron chi connectivity index (χ4n) is 1.62. The number of ether oxygens (including phenoxy) is 1. The molecule has 0 heterocycles. The van der Waals surface area contributed by atoms with Crippen molar-refractivity contribution in [2.45, 2.75) is 4.90 Å². The van der Waals surface area contributed by atoms with E-state index in [-0.39, 0.29) is 10.0 Å². The average Bonchev–Trinajstić information content (AvgIpc) is 2.40. The van der Waals surface area contributed by atoms with Crippen LogP contribution in [0.1, 0.15) is 0 Å². The lowest BCUT2D eigenvalue weighted by Gasteiger charge is -2.13. The first-order valence-electron chi connectivity index (χ1n) is 5.82. The molecule has 110 valence electrons. The molecule has 0 aromatic heterocycles. The summed E-state index contributed by atoms with van der Waals surface area (Å²) in [6.07, 6.45) is 0. The normalized spacial score (nSPS) is 10.9. The third-order valence-corrected chi connectivity index (χ3v) is 3.52. The van der Waals surface area contributed by atoms with Gasteiger partial charge in [-0.15, -0.1) is 0 Å². The largest absolute Gasteiger partial charge is 0.455 e. The van der Waals surface area contributed by atoms with E-state index >= 15 is 0 Å². The molecule has 0 unspecified atom stereocenters. The Bertz CT molecular complexity index is 761. The Morgan fingerprint density at radius 2 is 1.81 bits per heavy atom. The maximum Gasteiger partial charge on any atom is 0.238 e. The fourth-order valence-corrected chi connectivity index (χ4v) is 2.27. The molecule has 0 bridgehead atoms. The number of hydrogen-bond acceptors (Lipinski definition) is 4. The number of para-hydroxylation sites is 1. The first kappa shape index (κ1) is 15.2. The molecule has 0 spiro atoms. The SMILES string of the molecule is NC(=S)Nc1cc(S(N)(=O)=O)ccc1Oc1ccccc1. The lowest BCUT2D eigenvalue weighted by atomic mass is 10.3. The maximum atomic E-state index is 11.4. The van der Waals surface area contributed by atoms with E-state index in [0.717, 1.165) is 0 Å². The molecule has 21 heavy (non-hydrogen) atoms. The van der Waals surface area contributed by atoms with Crippen molar-refractivity contribution in [3.05, 3.63) is 48.5 Å². The number of anilines is 1. The smallest absolute Gasteiger partial charge is 0.238 e. The Morgan fingerprint density at radius 1 is 1.14 bits per heavy atom. The van der Waals surface area contributed by atoms with Crippen LogP contribution >= 0.6 is 12.2 Å². The molecular formula is C13H13N3O3S2. The molecule has 0 saturated carbocycles. The highest BCUT2D eigenvalue weighted by Gasteiger charge is 2.13. The van der Waals surface area contributed by atoms with Crippen LogP contribution in [0, 0.1) is 0 Å². The third kappa shape index (κ3) is 4.15. The summed E-state index contributed by atoms with van der Waals surface area (Å²) in [6, 6.07) is 13.1. The van der Waals surface area contributed by atoms with Crippen LogP contribution in [0.15, 0.2) is 53.4 Å². The zero-order valence-corrected chi connectivity index (χ0v) is 12.4. The lowest BCUT2D eigenvalue weighted by Crippen LogP contribution is -2.20. The van der Waals surface area contributed by atoms with Gasteiger partial charge in [0.1, 0.15) is 5.75 Å². The van der Waals surface area contributed by atoms with Gasteiger partial charge in [0.15, 0.2) is 10.9 Å². The zero-order chi connectivity index (χ0) is 15.5. The number of primary sulfonamides is 1. The highest BCUT2D eigenvalue weighted by atomic mass is 32.2. The standard InChI is InChI=1S/C13H13N3O3S2/c14-13(20)16-11-8-10(21(15,17)18)6-7-12(11)19-9-4-2-1-3-5-9/h1-8H,(H3,14,16,20)(H2,15,17,18). The summed E-state index contributed by atoms with van der Waals surface area (Å²) in [4.78, 5) is -0.0679. The molecule has 6 nitrogen and oxygen atoms in total. The zero-order valence-electron chi connectivity index (χ0n) is 10.8. The number of nitrogens with two attached hydrogens (primary N) is 2. The van der Waals surface area contributed by atoms with Gasteiger partial charge in [-0.1, -0.05) is 18.2 Å². The Labute approximate surface area is 127 Å². The van der Waals surface area contributed by atoms with Crippen molar-refractivity contribution in [2.24, 2.45) is 10.9 Å². The van der Waals surface area contributed by atoms with E-state index in [0.29, 0.717) is 17.2 Å². The van der Waals surface area contributed by atoms with Crippen molar-refractivity contribution in [1.82, 2.24) is 0 Å². The molecule has 0 aliphatic rings. The number of rotatable bonds is 4. The number of benzene rings is 2. The Morgan fingerprint density at radius 3 is 2.38 bits per heavy atom. The van der Waals surface area contributed by atoms with Crippen LogP contribution in [0.25, 0.3) is 0 Å². The number of nitrogens with one attached hydrogen (secondary N) is 1. The molecule has 2 aromatic carbocycles. The predicted molar refractivity (Wildman–Crippen MR) is 84.7 cm³/mol. The Balaban J connectivity index is 2.42. The van der Waals surface area contributed by atoms with Gasteiger partial charge < -0.3 is 15.8 Å². The quantitative estimate of drug-likeness (QED) is 0.740. The van der Waals surface area contributed by atoms with Crippen LogP contribution in [-0.2, 0) is 10.0 Å². The minimum Gasteiger partial charge on any atom is -0.455 e. The van der Waals surface area contributed by atoms with Gasteiger partial charge in [-0.2, -0.15) is 0 Å². The molecule has 0 fully saturated rings. The summed E-state index contributed by atoms with van der Waals surface area (Å²) in [7, 11) is -3.83. The van der Waals surface area contributed by atoms with Gasteiger partial charge >= 0.3 is 0 Å². The molecule has 0 radical (unpaired) electrons. The fraction of sp³-hybridized carbons (Fsp3) is 0. The maximum absolute atomic E-state index is 11.4. The first-order valence-corrected chi connectivity index (χ1v) is 7.78. The summed E-state index contributed by atoms with van der Waals surface area (Å²) in [5.74, 6) is 0.966. The third-order valence-electron chi connectivity index (χ3n) is 2.51. The molecule has 0 atom stereocenters. The first-order chi connectivity index (χ1) is 9.86. The van der Waals surface area contributed by atoms with Crippen molar-refractivity contribution in [1.29, 1.82) is 0 Å². The van der Waals surface area contributed by atoms with Gasteiger partial charge in [-0.3, -0.25) is 0 Å². The Hall–Kier alpha value is -2.16. The van der Waals surface area contributed by atoms with Crippen molar-refractivity contribution < 1.29 is 13.2 Å². The second kappa shape index (κ2) is 6.08. The summed E-state index contributed by atoms with van der Waals surface area (Å²) in [5, 5.41) is 7.75. The second-order valence-electron chi connectivity index (χ2n) is 4.11. The van der Waals surface area contributed by atoms with E-state index in [4.69, 9.17) is 27.8 Å². The number of hydrogen-bond donors (Lipinski definition) is 3. The van der Waals surface area contributed by atoms with Crippen LogP contribution in [0.4, 0.5) is 5.69 Å². The van der Waals surface area contributed by atoms with Gasteiger partial charge in [0.25, 0.3) is 0 Å². The minimum absolute atomic E-state index is 0.0144. The van der Waals surface area contributed by atoms with Crippen molar-refractivity contribution in [3.8, 4) is 11.5 Å². The predicted octanol–water partition coefficient (Wildman–Crippen LogP) is 1.78. The van der Waals surface area contributed by atoms with Crippen molar-refractivity contribution >= 4 is 33.0 Å². The van der Waals surface area contributed by atoms with Crippen LogP contribution in [-0.4, -0.2) is 13.5 Å². The van der Waals surface area contributed by atoms with Gasteiger partial charge in [0.05, 0.1) is 10.6 Å². The van der Waals surface area contributed by atoms with E-state index in [1.165, 1.54) is 18.2 Å². The summed E-state index contributed by atoms with van der Waals surface area (Å²) in [5.41, 5.74) is 5.75. The molecular weight excluding hydrogens is 310 g/mol. The van der Waals surface area contributed by atoms with E-state index < -0.39 is 10.0 Å². The van der Waals surface area contributed by atoms with Crippen LogP contribution in [0.3, 0.4) is 0 Å². The van der Waals surface area contributed by atoms with Crippen LogP contribution in [0.5, 0.6) is 11.5 Å². The van der Waals surface area contributed by atoms with E-state index in [2.05, 4.69) is 5.32 Å². The average molecular weight is 323 g/mol. The molecule has 2 rings (SSSR count). The van der Waals surface area contributed by atoms with Gasteiger partial charge in [-0.05, 0) is 42.5 Å². The van der Waals surface area contributed by atoms with Crippen molar-refractivity contribution in [2.75, 3.05) is 5.32 Å². The molecule has 0 aliphatic heterocycles. The summed E-state index contributed by atoms with van der Waals surface area (Å²) >= 11 is 4.77. The van der Waals surface area contributed by atoms with E-state index in [1.807, 2.05) is 18.2 Å². The molecule has 0 aliphatic carbocycles. The van der Waals surface area contributed by atoms with E-state index in [1.54, 1.807) is 12.1 Å². The highest BCUT2D eigenvalue weighted by Crippen LogP contribution is 2.31. The number of thiocarbonyl (C=S) groups is 1. The lowest BCUT2D eigenvalue weighted by molar-refractivity contribution is 0.484. The van der Waals surface area contributed by atoms with Crippen LogP contribution in [0.2, 0.25) is 0 Å². The molecule has 5 N–H and O–H groups in total. The van der Waals surface area contributed by atoms with E-state index in [9.17, 15) is 8.42 Å². The molecule has 0 amide bonds. The van der Waals surface area contributed by atoms with Crippen molar-refractivity contribution in [3.63, 3.8) is 0 Å². The van der Waals surface area contributed by atoms with Gasteiger partial charge in [0.2, 0.25) is 10.0 Å². The second-order valence-corrected chi connectivity index (χ2v) is 6.11. The molecule has 8 heteroatoms. The van der Waals surface area contributed by atoms with Gasteiger partial charge in [0, 0.05) is 0 Å².